The van der Waals surface area contributed by atoms with Crippen molar-refractivity contribution in [1.29, 1.82) is 0 Å². The predicted octanol–water partition coefficient (Wildman–Crippen LogP) is 9.13. The maximum Gasteiger partial charge on any atom is 0.236 e. The minimum absolute atomic E-state index is 0.364. The Morgan fingerprint density at radius 1 is 0.682 bits per heavy atom. The lowest BCUT2D eigenvalue weighted by Crippen LogP contribution is -2.51. The van der Waals surface area contributed by atoms with Crippen LogP contribution in [0, 0.1) is 0 Å². The molecule has 1 aliphatic rings. The molecule has 0 N–H and O–H groups in total. The molecule has 0 amide bonds. The first-order valence-electron chi connectivity index (χ1n) is 14.9. The molecule has 0 spiro atoms. The fourth-order valence-corrected chi connectivity index (χ4v) is 7.16. The van der Waals surface area contributed by atoms with Gasteiger partial charge in [-0.05, 0) is 64.1 Å². The van der Waals surface area contributed by atoms with Gasteiger partial charge in [-0.25, -0.2) is 9.97 Å². The third-order valence-electron chi connectivity index (χ3n) is 9.93. The monoisotopic (exact) mass is 574 g/mol. The SMILES string of the molecule is C=Cc1nc(N2c3nc4c(-n5c6ccccc6c6ccccc65)cccc4n3C(C)(C)C2(C)C)nc2oc3ccccc3c12. The average molecular weight is 575 g/mol. The van der Waals surface area contributed by atoms with Crippen LogP contribution < -0.4 is 4.90 Å². The molecular weight excluding hydrogens is 544 g/mol. The lowest BCUT2D eigenvalue weighted by Gasteiger charge is -2.40. The summed E-state index contributed by atoms with van der Waals surface area (Å²) in [7, 11) is 0. The van der Waals surface area contributed by atoms with Gasteiger partial charge in [-0.3, -0.25) is 4.90 Å². The van der Waals surface area contributed by atoms with Crippen molar-refractivity contribution in [2.45, 2.75) is 38.8 Å². The maximum atomic E-state index is 6.26. The van der Waals surface area contributed by atoms with Crippen LogP contribution in [0.15, 0.2) is 102 Å². The van der Waals surface area contributed by atoms with Gasteiger partial charge in [0.2, 0.25) is 17.6 Å². The van der Waals surface area contributed by atoms with Gasteiger partial charge in [0.25, 0.3) is 0 Å². The van der Waals surface area contributed by atoms with Crippen molar-refractivity contribution in [2.24, 2.45) is 0 Å². The Balaban J connectivity index is 1.34. The summed E-state index contributed by atoms with van der Waals surface area (Å²) in [4.78, 5) is 17.7. The van der Waals surface area contributed by atoms with E-state index >= 15 is 0 Å². The molecule has 8 aromatic rings. The third-order valence-corrected chi connectivity index (χ3v) is 9.93. The summed E-state index contributed by atoms with van der Waals surface area (Å²) in [5, 5.41) is 4.30. The van der Waals surface area contributed by atoms with Gasteiger partial charge in [0, 0.05) is 16.2 Å². The van der Waals surface area contributed by atoms with E-state index in [9.17, 15) is 0 Å². The Hall–Kier alpha value is -5.43. The van der Waals surface area contributed by atoms with Crippen LogP contribution in [-0.4, -0.2) is 29.6 Å². The lowest BCUT2D eigenvalue weighted by molar-refractivity contribution is 0.251. The topological polar surface area (TPSA) is 64.9 Å². The Morgan fingerprint density at radius 2 is 1.32 bits per heavy atom. The molecule has 7 heteroatoms. The molecule has 0 unspecified atom stereocenters. The molecule has 5 heterocycles. The highest BCUT2D eigenvalue weighted by Crippen LogP contribution is 2.52. The molecule has 9 rings (SSSR count). The summed E-state index contributed by atoms with van der Waals surface area (Å²) < 4.78 is 10.9. The van der Waals surface area contributed by atoms with Crippen molar-refractivity contribution in [3.8, 4) is 5.69 Å². The molecule has 0 saturated heterocycles. The summed E-state index contributed by atoms with van der Waals surface area (Å²) in [6.07, 6.45) is 1.78. The quantitative estimate of drug-likeness (QED) is 0.211. The second-order valence-electron chi connectivity index (χ2n) is 12.6. The van der Waals surface area contributed by atoms with Gasteiger partial charge >= 0.3 is 0 Å². The average Bonchev–Trinajstić information content (AvgIpc) is 3.73. The Kier molecular flexibility index (Phi) is 4.76. The molecule has 214 valence electrons. The van der Waals surface area contributed by atoms with Crippen LogP contribution in [0.1, 0.15) is 33.4 Å². The number of para-hydroxylation sites is 4. The van der Waals surface area contributed by atoms with E-state index in [0.717, 1.165) is 55.8 Å². The molecule has 0 aliphatic carbocycles. The number of hydrogen-bond acceptors (Lipinski definition) is 5. The number of hydrogen-bond donors (Lipinski definition) is 0. The van der Waals surface area contributed by atoms with Gasteiger partial charge in [0.05, 0.1) is 44.4 Å². The van der Waals surface area contributed by atoms with Crippen molar-refractivity contribution in [3.63, 3.8) is 0 Å². The molecular formula is C37H30N6O. The van der Waals surface area contributed by atoms with Gasteiger partial charge in [-0.15, -0.1) is 0 Å². The van der Waals surface area contributed by atoms with Crippen LogP contribution in [0.2, 0.25) is 0 Å². The predicted molar refractivity (Wildman–Crippen MR) is 179 cm³/mol. The first-order chi connectivity index (χ1) is 21.3. The minimum atomic E-state index is -0.426. The normalized spacial score (nSPS) is 15.7. The Morgan fingerprint density at radius 3 is 2.02 bits per heavy atom. The number of furan rings is 1. The van der Waals surface area contributed by atoms with E-state index in [2.05, 4.69) is 115 Å². The largest absolute Gasteiger partial charge is 0.437 e. The third kappa shape index (κ3) is 2.98. The van der Waals surface area contributed by atoms with E-state index in [1.54, 1.807) is 6.08 Å². The fourth-order valence-electron chi connectivity index (χ4n) is 7.16. The van der Waals surface area contributed by atoms with Crippen LogP contribution in [0.3, 0.4) is 0 Å². The number of nitrogens with zero attached hydrogens (tertiary/aromatic N) is 6. The molecule has 0 fully saturated rings. The molecule has 0 saturated carbocycles. The van der Waals surface area contributed by atoms with E-state index in [1.807, 2.05) is 24.3 Å². The van der Waals surface area contributed by atoms with E-state index in [4.69, 9.17) is 19.4 Å². The molecule has 0 bridgehead atoms. The lowest BCUT2D eigenvalue weighted by atomic mass is 9.82. The molecule has 0 radical (unpaired) electrons. The van der Waals surface area contributed by atoms with Gasteiger partial charge in [0.1, 0.15) is 11.1 Å². The molecule has 1 aliphatic heterocycles. The smallest absolute Gasteiger partial charge is 0.236 e. The fraction of sp³-hybridized carbons (Fsp3) is 0.162. The van der Waals surface area contributed by atoms with Crippen LogP contribution in [0.5, 0.6) is 0 Å². The van der Waals surface area contributed by atoms with Crippen molar-refractivity contribution in [1.82, 2.24) is 24.1 Å². The zero-order chi connectivity index (χ0) is 30.0. The zero-order valence-corrected chi connectivity index (χ0v) is 25.0. The molecule has 44 heavy (non-hydrogen) atoms. The second-order valence-corrected chi connectivity index (χ2v) is 12.6. The highest BCUT2D eigenvalue weighted by Gasteiger charge is 2.54. The summed E-state index contributed by atoms with van der Waals surface area (Å²) in [5.74, 6) is 1.34. The van der Waals surface area contributed by atoms with Gasteiger partial charge in [0.15, 0.2) is 0 Å². The van der Waals surface area contributed by atoms with Gasteiger partial charge in [-0.1, -0.05) is 67.2 Å². The first-order valence-corrected chi connectivity index (χ1v) is 14.9. The van der Waals surface area contributed by atoms with Gasteiger partial charge in [-0.2, -0.15) is 4.98 Å². The number of rotatable bonds is 3. The zero-order valence-electron chi connectivity index (χ0n) is 25.0. The highest BCUT2D eigenvalue weighted by molar-refractivity contribution is 6.10. The first kappa shape index (κ1) is 25.1. The molecule has 0 atom stereocenters. The summed E-state index contributed by atoms with van der Waals surface area (Å²) in [5.41, 5.74) is 6.60. The van der Waals surface area contributed by atoms with E-state index < -0.39 is 5.54 Å². The van der Waals surface area contributed by atoms with Gasteiger partial charge < -0.3 is 13.6 Å². The summed E-state index contributed by atoms with van der Waals surface area (Å²) in [6, 6.07) is 31.6. The van der Waals surface area contributed by atoms with Crippen molar-refractivity contribution < 1.29 is 4.42 Å². The van der Waals surface area contributed by atoms with Crippen LogP contribution in [0.4, 0.5) is 11.9 Å². The van der Waals surface area contributed by atoms with E-state index in [0.29, 0.717) is 11.7 Å². The summed E-state index contributed by atoms with van der Waals surface area (Å²) in [6.45, 7) is 13.1. The Labute approximate surface area is 253 Å². The number of benzene rings is 4. The second kappa shape index (κ2) is 8.35. The molecule has 7 nitrogen and oxygen atoms in total. The van der Waals surface area contributed by atoms with Crippen molar-refractivity contribution >= 4 is 72.9 Å². The van der Waals surface area contributed by atoms with E-state index in [1.165, 1.54) is 10.8 Å². The number of fused-ring (bicyclic) bond motifs is 9. The number of anilines is 2. The number of aromatic nitrogens is 5. The Bertz CT molecular complexity index is 2440. The highest BCUT2D eigenvalue weighted by atomic mass is 16.3. The van der Waals surface area contributed by atoms with Crippen molar-refractivity contribution in [3.05, 3.63) is 103 Å². The van der Waals surface area contributed by atoms with Crippen molar-refractivity contribution in [2.75, 3.05) is 4.90 Å². The van der Waals surface area contributed by atoms with E-state index in [-0.39, 0.29) is 5.54 Å². The molecule has 4 aromatic heterocycles. The minimum Gasteiger partial charge on any atom is -0.437 e. The molecule has 4 aromatic carbocycles. The van der Waals surface area contributed by atoms with Crippen LogP contribution in [0.25, 0.3) is 66.7 Å². The van der Waals surface area contributed by atoms with Crippen LogP contribution >= 0.6 is 0 Å². The standard InChI is InChI=1S/C37H30N6O/c1-6-25-31-24-16-9-12-21-30(24)44-33(31)40-34(38-25)43-35-39-32-28(19-13-20-29(32)42(35)36(2,3)37(43,4)5)41-26-17-10-7-14-22(26)23-15-8-11-18-27(23)41/h6-21H,1H2,2-5H3. The van der Waals surface area contributed by atoms with Crippen LogP contribution in [-0.2, 0) is 5.54 Å². The number of imidazole rings is 1. The summed E-state index contributed by atoms with van der Waals surface area (Å²) >= 11 is 0. The maximum absolute atomic E-state index is 6.26.